The maximum Gasteiger partial charge on any atom is 0.315 e. The number of ether oxygens (including phenoxy) is 1. The number of fused-ring (bicyclic) bond motifs is 1. The van der Waals surface area contributed by atoms with Crippen molar-refractivity contribution in [2.45, 2.75) is 20.0 Å². The summed E-state index contributed by atoms with van der Waals surface area (Å²) in [5.74, 6) is 1.09. The SMILES string of the molecule is COc1ccc(-n2nc(C)nc2CNC(=O)NCc2ncnn2-c2ccc3cccnc3c2)cc1F. The van der Waals surface area contributed by atoms with Crippen LogP contribution in [0.5, 0.6) is 5.75 Å². The maximum atomic E-state index is 14.2. The van der Waals surface area contributed by atoms with E-state index in [1.54, 1.807) is 23.9 Å². The highest BCUT2D eigenvalue weighted by Gasteiger charge is 2.14. The first-order chi connectivity index (χ1) is 17.5. The van der Waals surface area contributed by atoms with Crippen molar-refractivity contribution in [3.8, 4) is 17.1 Å². The quantitative estimate of drug-likeness (QED) is 0.362. The standard InChI is InChI=1S/C24H22FN9O2/c1-15-31-23(34(32-15)17-7-8-21(36-2)19(25)10-17)13-28-24(35)27-12-22-29-14-30-33(22)18-6-5-16-4-3-9-26-20(16)11-18/h3-11,14H,12-13H2,1-2H3,(H2,27,28,35). The van der Waals surface area contributed by atoms with Gasteiger partial charge in [-0.3, -0.25) is 4.98 Å². The van der Waals surface area contributed by atoms with Gasteiger partial charge in [0.15, 0.2) is 23.2 Å². The molecule has 0 aliphatic heterocycles. The van der Waals surface area contributed by atoms with Gasteiger partial charge in [0.2, 0.25) is 0 Å². The van der Waals surface area contributed by atoms with E-state index in [0.29, 0.717) is 23.2 Å². The van der Waals surface area contributed by atoms with Crippen LogP contribution in [-0.2, 0) is 13.1 Å². The number of urea groups is 1. The highest BCUT2D eigenvalue weighted by molar-refractivity contribution is 5.80. The molecule has 5 aromatic rings. The molecule has 12 heteroatoms. The minimum absolute atomic E-state index is 0.0728. The third kappa shape index (κ3) is 4.69. The van der Waals surface area contributed by atoms with E-state index >= 15 is 0 Å². The first-order valence-electron chi connectivity index (χ1n) is 11.0. The lowest BCUT2D eigenvalue weighted by molar-refractivity contribution is 0.239. The normalized spacial score (nSPS) is 11.0. The van der Waals surface area contributed by atoms with Crippen LogP contribution in [0.1, 0.15) is 17.5 Å². The Hall–Kier alpha value is -4.87. The second-order valence-corrected chi connectivity index (χ2v) is 7.81. The summed E-state index contributed by atoms with van der Waals surface area (Å²) in [5.41, 5.74) is 2.08. The van der Waals surface area contributed by atoms with Gasteiger partial charge in [0, 0.05) is 17.6 Å². The molecule has 3 aromatic heterocycles. The monoisotopic (exact) mass is 487 g/mol. The van der Waals surface area contributed by atoms with E-state index < -0.39 is 11.8 Å². The molecule has 0 unspecified atom stereocenters. The molecule has 2 aromatic carbocycles. The van der Waals surface area contributed by atoms with Gasteiger partial charge in [-0.05, 0) is 37.3 Å². The lowest BCUT2D eigenvalue weighted by Crippen LogP contribution is -2.36. The highest BCUT2D eigenvalue weighted by atomic mass is 19.1. The van der Waals surface area contributed by atoms with E-state index in [9.17, 15) is 9.18 Å². The summed E-state index contributed by atoms with van der Waals surface area (Å²) in [6.45, 7) is 1.93. The number of rotatable bonds is 7. The number of methoxy groups -OCH3 is 1. The topological polar surface area (TPSA) is 125 Å². The van der Waals surface area contributed by atoms with E-state index in [1.165, 1.54) is 30.3 Å². The summed E-state index contributed by atoms with van der Waals surface area (Å²) in [5, 5.41) is 15.1. The molecule has 0 radical (unpaired) electrons. The van der Waals surface area contributed by atoms with Crippen LogP contribution in [0.15, 0.2) is 61.1 Å². The highest BCUT2D eigenvalue weighted by Crippen LogP contribution is 2.21. The second-order valence-electron chi connectivity index (χ2n) is 7.81. The van der Waals surface area contributed by atoms with E-state index in [2.05, 4.69) is 35.8 Å². The average Bonchev–Trinajstić information content (AvgIpc) is 3.52. The molecule has 11 nitrogen and oxygen atoms in total. The van der Waals surface area contributed by atoms with Crippen LogP contribution >= 0.6 is 0 Å². The van der Waals surface area contributed by atoms with E-state index in [4.69, 9.17) is 4.74 Å². The first-order valence-corrected chi connectivity index (χ1v) is 11.0. The Morgan fingerprint density at radius 2 is 1.78 bits per heavy atom. The molecule has 182 valence electrons. The molecular weight excluding hydrogens is 465 g/mol. The lowest BCUT2D eigenvalue weighted by atomic mass is 10.2. The third-order valence-electron chi connectivity index (χ3n) is 5.43. The van der Waals surface area contributed by atoms with Gasteiger partial charge < -0.3 is 15.4 Å². The number of hydrogen-bond donors (Lipinski definition) is 2. The largest absolute Gasteiger partial charge is 0.494 e. The van der Waals surface area contributed by atoms with E-state index in [1.807, 2.05) is 30.3 Å². The number of pyridine rings is 1. The van der Waals surface area contributed by atoms with Crippen LogP contribution < -0.4 is 15.4 Å². The van der Waals surface area contributed by atoms with Crippen molar-refractivity contribution in [3.05, 3.63) is 84.3 Å². The van der Waals surface area contributed by atoms with Crippen molar-refractivity contribution >= 4 is 16.9 Å². The number of carbonyl (C=O) groups excluding carboxylic acids is 1. The van der Waals surface area contributed by atoms with Gasteiger partial charge in [-0.25, -0.2) is 28.5 Å². The molecule has 0 aliphatic carbocycles. The van der Waals surface area contributed by atoms with Gasteiger partial charge >= 0.3 is 6.03 Å². The number of halogens is 1. The van der Waals surface area contributed by atoms with Crippen LogP contribution in [0.25, 0.3) is 22.3 Å². The van der Waals surface area contributed by atoms with Gasteiger partial charge in [0.25, 0.3) is 0 Å². The fourth-order valence-electron chi connectivity index (χ4n) is 3.74. The van der Waals surface area contributed by atoms with Crippen LogP contribution in [-0.4, -0.2) is 47.7 Å². The van der Waals surface area contributed by atoms with Gasteiger partial charge in [0.1, 0.15) is 12.2 Å². The summed E-state index contributed by atoms with van der Waals surface area (Å²) >= 11 is 0. The number of amides is 2. The van der Waals surface area contributed by atoms with E-state index in [0.717, 1.165) is 16.6 Å². The van der Waals surface area contributed by atoms with Crippen molar-refractivity contribution in [2.24, 2.45) is 0 Å². The summed E-state index contributed by atoms with van der Waals surface area (Å²) in [4.78, 5) is 25.5. The smallest absolute Gasteiger partial charge is 0.315 e. The molecular formula is C24H22FN9O2. The molecule has 3 heterocycles. The van der Waals surface area contributed by atoms with Gasteiger partial charge in [-0.2, -0.15) is 10.2 Å². The Labute approximate surface area is 205 Å². The summed E-state index contributed by atoms with van der Waals surface area (Å²) in [6, 6.07) is 13.7. The molecule has 0 atom stereocenters. The molecule has 0 spiro atoms. The third-order valence-corrected chi connectivity index (χ3v) is 5.43. The zero-order chi connectivity index (χ0) is 25.1. The summed E-state index contributed by atoms with van der Waals surface area (Å²) in [7, 11) is 1.40. The number of aromatic nitrogens is 7. The Balaban J connectivity index is 1.24. The Morgan fingerprint density at radius 3 is 2.58 bits per heavy atom. The Kier molecular flexibility index (Phi) is 6.22. The zero-order valence-corrected chi connectivity index (χ0v) is 19.5. The van der Waals surface area contributed by atoms with Crippen molar-refractivity contribution < 1.29 is 13.9 Å². The Morgan fingerprint density at radius 1 is 1.00 bits per heavy atom. The first kappa shape index (κ1) is 22.9. The number of nitrogens with zero attached hydrogens (tertiary/aromatic N) is 7. The van der Waals surface area contributed by atoms with Crippen LogP contribution in [0.3, 0.4) is 0 Å². The number of nitrogens with one attached hydrogen (secondary N) is 2. The zero-order valence-electron chi connectivity index (χ0n) is 19.5. The molecule has 36 heavy (non-hydrogen) atoms. The molecule has 2 N–H and O–H groups in total. The minimum Gasteiger partial charge on any atom is -0.494 e. The van der Waals surface area contributed by atoms with E-state index in [-0.39, 0.29) is 18.8 Å². The van der Waals surface area contributed by atoms with Crippen LogP contribution in [0, 0.1) is 12.7 Å². The fraction of sp³-hybridized carbons (Fsp3) is 0.167. The lowest BCUT2D eigenvalue weighted by Gasteiger charge is -2.10. The predicted molar refractivity (Wildman–Crippen MR) is 128 cm³/mol. The Bertz CT molecular complexity index is 1550. The average molecular weight is 487 g/mol. The fourth-order valence-corrected chi connectivity index (χ4v) is 3.74. The van der Waals surface area contributed by atoms with Crippen LogP contribution in [0.2, 0.25) is 0 Å². The minimum atomic E-state index is -0.522. The van der Waals surface area contributed by atoms with Crippen molar-refractivity contribution in [2.75, 3.05) is 7.11 Å². The second kappa shape index (κ2) is 9.78. The molecule has 0 bridgehead atoms. The molecule has 5 rings (SSSR count). The molecule has 0 saturated carbocycles. The number of benzene rings is 2. The van der Waals surface area contributed by atoms with Crippen molar-refractivity contribution in [3.63, 3.8) is 0 Å². The molecule has 0 saturated heterocycles. The van der Waals surface area contributed by atoms with Crippen LogP contribution in [0.4, 0.5) is 9.18 Å². The van der Waals surface area contributed by atoms with Gasteiger partial charge in [-0.15, -0.1) is 0 Å². The maximum absolute atomic E-state index is 14.2. The molecule has 0 fully saturated rings. The number of carbonyl (C=O) groups is 1. The molecule has 2 amide bonds. The van der Waals surface area contributed by atoms with Crippen molar-refractivity contribution in [1.82, 2.24) is 45.1 Å². The van der Waals surface area contributed by atoms with Crippen molar-refractivity contribution in [1.29, 1.82) is 0 Å². The summed E-state index contributed by atoms with van der Waals surface area (Å²) in [6.07, 6.45) is 3.16. The van der Waals surface area contributed by atoms with Gasteiger partial charge in [0.05, 0.1) is 37.1 Å². The number of aryl methyl sites for hydroxylation is 1. The number of hydrogen-bond acceptors (Lipinski definition) is 7. The predicted octanol–water partition coefficient (Wildman–Crippen LogP) is 2.85. The van der Waals surface area contributed by atoms with Gasteiger partial charge in [-0.1, -0.05) is 12.1 Å². The molecule has 0 aliphatic rings. The summed E-state index contributed by atoms with van der Waals surface area (Å²) < 4.78 is 22.3.